The Morgan fingerprint density at radius 2 is 0.841 bits per heavy atom. The topological polar surface area (TPSA) is 77.5 Å². The van der Waals surface area contributed by atoms with E-state index in [9.17, 15) is 9.59 Å². The average Bonchev–Trinajstić information content (AvgIpc) is 3.07. The molecule has 0 saturated carbocycles. The van der Waals surface area contributed by atoms with E-state index in [-0.39, 0.29) is 23.9 Å². The number of carbonyl (C=O) groups is 2. The molecule has 2 amide bonds. The molecule has 4 aromatic rings. The first-order valence-corrected chi connectivity index (χ1v) is 14.8. The summed E-state index contributed by atoms with van der Waals surface area (Å²) in [6.07, 6.45) is 2.28. The number of benzene rings is 4. The third-order valence-electron chi connectivity index (χ3n) is 8.21. The maximum Gasteiger partial charge on any atom is 0.266 e. The molecule has 0 aromatic heterocycles. The minimum atomic E-state index is -0.721. The smallest absolute Gasteiger partial charge is 0.266 e. The molecule has 2 fully saturated rings. The van der Waals surface area contributed by atoms with Crippen molar-refractivity contribution in [2.45, 2.75) is 24.3 Å². The number of ether oxygens (including phenoxy) is 4. The van der Waals surface area contributed by atoms with E-state index in [1.807, 2.05) is 121 Å². The fraction of sp³-hybridized carbons (Fsp3) is 0.222. The molecular weight excluding hydrogens is 556 g/mol. The monoisotopic (exact) mass is 588 g/mol. The minimum absolute atomic E-state index is 0.133. The summed E-state index contributed by atoms with van der Waals surface area (Å²) in [7, 11) is 0. The second-order valence-electron chi connectivity index (χ2n) is 10.8. The predicted molar refractivity (Wildman–Crippen MR) is 164 cm³/mol. The maximum atomic E-state index is 13.6. The van der Waals surface area contributed by atoms with Gasteiger partial charge in [0.2, 0.25) is 12.2 Å². The molecule has 5 heterocycles. The Morgan fingerprint density at radius 3 is 1.25 bits per heavy atom. The number of para-hydroxylation sites is 4. The van der Waals surface area contributed by atoms with Crippen molar-refractivity contribution in [1.29, 1.82) is 0 Å². The molecule has 0 N–H and O–H groups in total. The van der Waals surface area contributed by atoms with Gasteiger partial charge in [-0.25, -0.2) is 0 Å². The molecule has 4 bridgehead atoms. The summed E-state index contributed by atoms with van der Waals surface area (Å²) in [5.41, 5.74) is 1.93. The lowest BCUT2D eigenvalue weighted by Gasteiger charge is -2.50. The fourth-order valence-electron chi connectivity index (χ4n) is 6.01. The Morgan fingerprint density at radius 1 is 0.477 bits per heavy atom. The molecule has 0 radical (unpaired) electrons. The van der Waals surface area contributed by atoms with Gasteiger partial charge in [-0.1, -0.05) is 84.9 Å². The third kappa shape index (κ3) is 5.24. The van der Waals surface area contributed by atoms with E-state index in [0.717, 1.165) is 11.1 Å². The van der Waals surface area contributed by atoms with Gasteiger partial charge in [0.25, 0.3) is 11.8 Å². The van der Waals surface area contributed by atoms with Gasteiger partial charge in [-0.2, -0.15) is 0 Å². The molecule has 5 aliphatic rings. The molecule has 5 aliphatic heterocycles. The number of nitrogens with zero attached hydrogens (tertiary/aromatic N) is 2. The van der Waals surface area contributed by atoms with Gasteiger partial charge in [-0.3, -0.25) is 9.59 Å². The van der Waals surface area contributed by atoms with Crippen molar-refractivity contribution in [3.8, 4) is 23.0 Å². The van der Waals surface area contributed by atoms with Crippen molar-refractivity contribution < 1.29 is 28.5 Å². The van der Waals surface area contributed by atoms with Crippen LogP contribution >= 0.6 is 0 Å². The average molecular weight is 589 g/mol. The summed E-state index contributed by atoms with van der Waals surface area (Å²) in [5, 5.41) is 0. The van der Waals surface area contributed by atoms with E-state index in [4.69, 9.17) is 18.9 Å². The first-order chi connectivity index (χ1) is 21.7. The van der Waals surface area contributed by atoms with E-state index in [1.165, 1.54) is 0 Å². The molecule has 0 unspecified atom stereocenters. The lowest BCUT2D eigenvalue weighted by Crippen LogP contribution is -2.66. The lowest BCUT2D eigenvalue weighted by atomic mass is 9.88. The maximum absolute atomic E-state index is 13.6. The second-order valence-corrected chi connectivity index (χ2v) is 10.8. The SMILES string of the molecule is O=C1[C@H]2Oc3ccccc3OC/C=C/COc3ccccc3O[C@H]3C(=O)N(CCN1[C@@H]2c1ccccc1)[C@H]3c1ccccc1. The van der Waals surface area contributed by atoms with Crippen LogP contribution in [0.3, 0.4) is 0 Å². The van der Waals surface area contributed by atoms with Crippen LogP contribution in [0.15, 0.2) is 121 Å². The second kappa shape index (κ2) is 12.2. The molecule has 0 spiro atoms. The number of rotatable bonds is 2. The van der Waals surface area contributed by atoms with E-state index >= 15 is 0 Å². The molecule has 8 nitrogen and oxygen atoms in total. The first-order valence-electron chi connectivity index (χ1n) is 14.8. The van der Waals surface area contributed by atoms with E-state index < -0.39 is 12.2 Å². The Balaban J connectivity index is 1.22. The van der Waals surface area contributed by atoms with Crippen molar-refractivity contribution in [2.75, 3.05) is 26.3 Å². The summed E-state index contributed by atoms with van der Waals surface area (Å²) in [6.45, 7) is 1.28. The summed E-state index contributed by atoms with van der Waals surface area (Å²) in [5.74, 6) is 1.83. The van der Waals surface area contributed by atoms with Gasteiger partial charge in [0.15, 0.2) is 23.0 Å². The molecule has 0 aliphatic carbocycles. The first kappa shape index (κ1) is 27.6. The zero-order valence-electron chi connectivity index (χ0n) is 24.0. The Kier molecular flexibility index (Phi) is 7.63. The number of amides is 2. The van der Waals surface area contributed by atoms with Gasteiger partial charge < -0.3 is 28.7 Å². The molecule has 44 heavy (non-hydrogen) atoms. The van der Waals surface area contributed by atoms with Crippen LogP contribution in [0.2, 0.25) is 0 Å². The normalized spacial score (nSPS) is 24.0. The highest BCUT2D eigenvalue weighted by molar-refractivity contribution is 5.91. The minimum Gasteiger partial charge on any atom is -0.486 e. The molecule has 9 rings (SSSR count). The third-order valence-corrected chi connectivity index (χ3v) is 8.21. The highest BCUT2D eigenvalue weighted by atomic mass is 16.5. The van der Waals surface area contributed by atoms with Crippen LogP contribution in [0.4, 0.5) is 0 Å². The number of carbonyl (C=O) groups excluding carboxylic acids is 2. The zero-order chi connectivity index (χ0) is 29.9. The molecule has 222 valence electrons. The van der Waals surface area contributed by atoms with Crippen LogP contribution in [0.1, 0.15) is 23.2 Å². The quantitative estimate of drug-likeness (QED) is 0.231. The van der Waals surface area contributed by atoms with Gasteiger partial charge in [0, 0.05) is 13.1 Å². The molecular formula is C36H32N2O6. The molecule has 8 heteroatoms. The summed E-state index contributed by atoms with van der Waals surface area (Å²) in [6, 6.07) is 33.8. The summed E-state index contributed by atoms with van der Waals surface area (Å²) < 4.78 is 24.7. The van der Waals surface area contributed by atoms with E-state index in [0.29, 0.717) is 49.3 Å². The predicted octanol–water partition coefficient (Wildman–Crippen LogP) is 5.38. The van der Waals surface area contributed by atoms with Gasteiger partial charge in [0.05, 0.1) is 0 Å². The van der Waals surface area contributed by atoms with Crippen molar-refractivity contribution in [3.05, 3.63) is 132 Å². The van der Waals surface area contributed by atoms with Crippen molar-refractivity contribution in [3.63, 3.8) is 0 Å². The van der Waals surface area contributed by atoms with Gasteiger partial charge in [-0.05, 0) is 47.5 Å². The Hall–Kier alpha value is -5.24. The number of β-lactam (4-membered cyclic amide) rings is 2. The number of hydrogen-bond acceptors (Lipinski definition) is 6. The summed E-state index contributed by atoms with van der Waals surface area (Å²) in [4.78, 5) is 30.8. The van der Waals surface area contributed by atoms with Crippen molar-refractivity contribution in [1.82, 2.24) is 9.80 Å². The largest absolute Gasteiger partial charge is 0.486 e. The molecule has 2 saturated heterocycles. The summed E-state index contributed by atoms with van der Waals surface area (Å²) >= 11 is 0. The van der Waals surface area contributed by atoms with E-state index in [2.05, 4.69) is 0 Å². The van der Waals surface area contributed by atoms with Crippen LogP contribution in [0.25, 0.3) is 0 Å². The van der Waals surface area contributed by atoms with Crippen LogP contribution in [0, 0.1) is 0 Å². The zero-order valence-corrected chi connectivity index (χ0v) is 24.0. The van der Waals surface area contributed by atoms with E-state index in [1.54, 1.807) is 9.80 Å². The van der Waals surface area contributed by atoms with Gasteiger partial charge in [0.1, 0.15) is 25.3 Å². The van der Waals surface area contributed by atoms with Crippen LogP contribution in [0.5, 0.6) is 23.0 Å². The molecule has 4 atom stereocenters. The van der Waals surface area contributed by atoms with Crippen LogP contribution < -0.4 is 18.9 Å². The van der Waals surface area contributed by atoms with Crippen molar-refractivity contribution >= 4 is 11.8 Å². The Labute approximate surface area is 256 Å². The fourth-order valence-corrected chi connectivity index (χ4v) is 6.01. The standard InChI is InChI=1S/C36H32N2O6/c39-35-33-31(25-13-3-1-4-14-25)37(35)21-22-38-32(26-15-5-2-6-16-26)34(36(38)40)44-30-20-10-8-18-28(30)42-24-12-11-23-41-27-17-7-9-19-29(27)43-33/h1-20,31-34H,21-24H2/b12-11+/t31-,32+,33+,34-. The molecule has 4 aromatic carbocycles. The van der Waals surface area contributed by atoms with Gasteiger partial charge in [-0.15, -0.1) is 0 Å². The Bertz CT molecular complexity index is 1540. The van der Waals surface area contributed by atoms with Crippen LogP contribution in [-0.4, -0.2) is 60.1 Å². The number of hydrogen-bond donors (Lipinski definition) is 0. The van der Waals surface area contributed by atoms with Gasteiger partial charge >= 0.3 is 0 Å². The lowest BCUT2D eigenvalue weighted by molar-refractivity contribution is -0.172. The highest BCUT2D eigenvalue weighted by Gasteiger charge is 2.53. The van der Waals surface area contributed by atoms with Crippen LogP contribution in [-0.2, 0) is 9.59 Å². The highest BCUT2D eigenvalue weighted by Crippen LogP contribution is 2.42. The van der Waals surface area contributed by atoms with Crippen molar-refractivity contribution in [2.24, 2.45) is 0 Å².